The Morgan fingerprint density at radius 1 is 1.03 bits per heavy atom. The minimum atomic E-state index is 0.232. The van der Waals surface area contributed by atoms with Gasteiger partial charge in [-0.3, -0.25) is 9.88 Å². The normalized spacial score (nSPS) is 20.1. The molecule has 4 heterocycles. The Balaban J connectivity index is 1.32. The lowest BCUT2D eigenvalue weighted by Crippen LogP contribution is -2.61. The molecule has 0 unspecified atom stereocenters. The maximum Gasteiger partial charge on any atom is 0.240 e. The Hall–Kier alpha value is -3.04. The number of benzene rings is 1. The second-order valence-corrected chi connectivity index (χ2v) is 8.56. The first-order chi connectivity index (χ1) is 15.2. The van der Waals surface area contributed by atoms with Gasteiger partial charge < -0.3 is 15.4 Å². The van der Waals surface area contributed by atoms with E-state index in [4.69, 9.17) is 10.5 Å². The number of nitrogens with zero attached hydrogens (tertiary/aromatic N) is 7. The molecule has 0 radical (unpaired) electrons. The van der Waals surface area contributed by atoms with Crippen LogP contribution < -0.4 is 10.6 Å². The summed E-state index contributed by atoms with van der Waals surface area (Å²) in [6, 6.07) is 7.40. The van der Waals surface area contributed by atoms with Crippen LogP contribution in [-0.4, -0.2) is 75.1 Å². The standard InChI is InChI=1S/C22H26N8O/c23-22-26-21(30(27-22)20-12-24-3-4-25-20)17-9-16(15-1-2-15)10-18(11-17)29-13-19(14-29)28-5-7-31-8-6-28/h3-4,9-12,15,19H,1-2,5-8,13-14H2,(H2,23,27). The maximum absolute atomic E-state index is 5.98. The molecule has 3 fully saturated rings. The van der Waals surface area contributed by atoms with Crippen LogP contribution >= 0.6 is 0 Å². The van der Waals surface area contributed by atoms with Crippen molar-refractivity contribution >= 4 is 11.6 Å². The molecule has 9 nitrogen and oxygen atoms in total. The van der Waals surface area contributed by atoms with E-state index in [1.54, 1.807) is 23.3 Å². The third-order valence-corrected chi connectivity index (χ3v) is 6.43. The molecule has 0 spiro atoms. The van der Waals surface area contributed by atoms with E-state index < -0.39 is 0 Å². The molecule has 0 atom stereocenters. The van der Waals surface area contributed by atoms with Crippen LogP contribution in [0.15, 0.2) is 36.8 Å². The number of nitrogen functional groups attached to an aromatic ring is 1. The predicted octanol–water partition coefficient (Wildman–Crippen LogP) is 1.70. The lowest BCUT2D eigenvalue weighted by molar-refractivity contribution is 0.0105. The summed E-state index contributed by atoms with van der Waals surface area (Å²) in [5, 5.41) is 4.38. The maximum atomic E-state index is 5.98. The third kappa shape index (κ3) is 3.64. The monoisotopic (exact) mass is 418 g/mol. The van der Waals surface area contributed by atoms with Crippen LogP contribution in [0.2, 0.25) is 0 Å². The summed E-state index contributed by atoms with van der Waals surface area (Å²) < 4.78 is 7.19. The highest BCUT2D eigenvalue weighted by Gasteiger charge is 2.34. The van der Waals surface area contributed by atoms with Gasteiger partial charge in [0, 0.05) is 55.9 Å². The number of ether oxygens (including phenoxy) is 1. The SMILES string of the molecule is Nc1nc(-c2cc(C3CC3)cc(N3CC(N4CCOCC4)C3)c2)n(-c2cnccn2)n1. The molecule has 2 aromatic heterocycles. The van der Waals surface area contributed by atoms with Gasteiger partial charge in [0.25, 0.3) is 0 Å². The zero-order valence-corrected chi connectivity index (χ0v) is 17.4. The van der Waals surface area contributed by atoms with Gasteiger partial charge in [0.15, 0.2) is 11.6 Å². The molecule has 31 heavy (non-hydrogen) atoms. The van der Waals surface area contributed by atoms with Gasteiger partial charge in [-0.2, -0.15) is 9.67 Å². The van der Waals surface area contributed by atoms with Crippen molar-refractivity contribution in [3.63, 3.8) is 0 Å². The van der Waals surface area contributed by atoms with Crippen molar-refractivity contribution < 1.29 is 4.74 Å². The lowest BCUT2D eigenvalue weighted by atomic mass is 10.0. The van der Waals surface area contributed by atoms with Crippen molar-refractivity contribution in [1.29, 1.82) is 0 Å². The number of aromatic nitrogens is 5. The van der Waals surface area contributed by atoms with E-state index in [1.165, 1.54) is 24.1 Å². The number of rotatable bonds is 5. The quantitative estimate of drug-likeness (QED) is 0.669. The minimum Gasteiger partial charge on any atom is -0.379 e. The van der Waals surface area contributed by atoms with Gasteiger partial charge in [0.1, 0.15) is 0 Å². The molecule has 1 aliphatic carbocycles. The highest BCUT2D eigenvalue weighted by atomic mass is 16.5. The summed E-state index contributed by atoms with van der Waals surface area (Å²) in [4.78, 5) is 18.1. The average Bonchev–Trinajstić information content (AvgIpc) is 3.55. The Labute approximate surface area is 180 Å². The predicted molar refractivity (Wildman–Crippen MR) is 117 cm³/mol. The van der Waals surface area contributed by atoms with Crippen LogP contribution in [0.25, 0.3) is 17.2 Å². The Kier molecular flexibility index (Phi) is 4.57. The zero-order chi connectivity index (χ0) is 20.8. The fraction of sp³-hybridized carbons (Fsp3) is 0.455. The van der Waals surface area contributed by atoms with E-state index in [0.717, 1.165) is 45.0 Å². The van der Waals surface area contributed by atoms with E-state index >= 15 is 0 Å². The van der Waals surface area contributed by atoms with Crippen molar-refractivity contribution in [1.82, 2.24) is 29.6 Å². The summed E-state index contributed by atoms with van der Waals surface area (Å²) >= 11 is 0. The van der Waals surface area contributed by atoms with Crippen LogP contribution in [0.4, 0.5) is 11.6 Å². The number of morpholine rings is 1. The second-order valence-electron chi connectivity index (χ2n) is 8.56. The molecule has 3 aliphatic rings. The Morgan fingerprint density at radius 3 is 2.61 bits per heavy atom. The van der Waals surface area contributed by atoms with Crippen LogP contribution in [0, 0.1) is 0 Å². The molecular weight excluding hydrogens is 392 g/mol. The summed E-state index contributed by atoms with van der Waals surface area (Å²) in [5.41, 5.74) is 9.62. The average molecular weight is 419 g/mol. The molecule has 2 aliphatic heterocycles. The molecule has 3 aromatic rings. The molecule has 0 bridgehead atoms. The van der Waals surface area contributed by atoms with Crippen LogP contribution in [0.1, 0.15) is 24.3 Å². The molecule has 2 saturated heterocycles. The molecule has 2 N–H and O–H groups in total. The van der Waals surface area contributed by atoms with Crippen LogP contribution in [0.5, 0.6) is 0 Å². The van der Waals surface area contributed by atoms with Crippen molar-refractivity contribution in [3.05, 3.63) is 42.4 Å². The molecule has 6 rings (SSSR count). The number of hydrogen-bond acceptors (Lipinski definition) is 8. The minimum absolute atomic E-state index is 0.232. The van der Waals surface area contributed by atoms with Crippen molar-refractivity contribution in [3.8, 4) is 17.2 Å². The van der Waals surface area contributed by atoms with E-state index in [1.807, 2.05) is 0 Å². The first-order valence-electron chi connectivity index (χ1n) is 11.0. The molecule has 1 saturated carbocycles. The van der Waals surface area contributed by atoms with Gasteiger partial charge in [0.05, 0.1) is 19.4 Å². The van der Waals surface area contributed by atoms with Crippen molar-refractivity contribution in [2.75, 3.05) is 50.0 Å². The highest BCUT2D eigenvalue weighted by Crippen LogP contribution is 2.43. The van der Waals surface area contributed by atoms with Crippen LogP contribution in [0.3, 0.4) is 0 Å². The summed E-state index contributed by atoms with van der Waals surface area (Å²) in [6.45, 7) is 5.85. The number of nitrogens with two attached hydrogens (primary N) is 1. The van der Waals surface area contributed by atoms with E-state index in [0.29, 0.717) is 23.6 Å². The Bertz CT molecular complexity index is 1070. The van der Waals surface area contributed by atoms with E-state index in [-0.39, 0.29) is 5.95 Å². The van der Waals surface area contributed by atoms with Crippen LogP contribution in [-0.2, 0) is 4.74 Å². The second kappa shape index (κ2) is 7.58. The Morgan fingerprint density at radius 2 is 1.87 bits per heavy atom. The lowest BCUT2D eigenvalue weighted by Gasteiger charge is -2.48. The van der Waals surface area contributed by atoms with Gasteiger partial charge >= 0.3 is 0 Å². The molecule has 1 aromatic carbocycles. The molecule has 160 valence electrons. The summed E-state index contributed by atoms with van der Waals surface area (Å²) in [7, 11) is 0. The fourth-order valence-electron chi connectivity index (χ4n) is 4.51. The summed E-state index contributed by atoms with van der Waals surface area (Å²) in [5.74, 6) is 2.18. The van der Waals surface area contributed by atoms with Gasteiger partial charge in [-0.05, 0) is 42.5 Å². The number of hydrogen-bond donors (Lipinski definition) is 1. The fourth-order valence-corrected chi connectivity index (χ4v) is 4.51. The smallest absolute Gasteiger partial charge is 0.240 e. The molecular formula is C22H26N8O. The topological polar surface area (TPSA) is 98.2 Å². The largest absolute Gasteiger partial charge is 0.379 e. The molecule has 0 amide bonds. The van der Waals surface area contributed by atoms with Crippen molar-refractivity contribution in [2.24, 2.45) is 0 Å². The first kappa shape index (κ1) is 18.7. The van der Waals surface area contributed by atoms with Gasteiger partial charge in [0.2, 0.25) is 5.95 Å². The van der Waals surface area contributed by atoms with Gasteiger partial charge in [-0.1, -0.05) is 0 Å². The zero-order valence-electron chi connectivity index (χ0n) is 17.4. The van der Waals surface area contributed by atoms with E-state index in [2.05, 4.69) is 48.0 Å². The summed E-state index contributed by atoms with van der Waals surface area (Å²) in [6.07, 6.45) is 7.46. The highest BCUT2D eigenvalue weighted by molar-refractivity contribution is 5.68. The number of anilines is 2. The third-order valence-electron chi connectivity index (χ3n) is 6.43. The molecule has 9 heteroatoms. The van der Waals surface area contributed by atoms with Crippen molar-refractivity contribution in [2.45, 2.75) is 24.8 Å². The van der Waals surface area contributed by atoms with E-state index in [9.17, 15) is 0 Å². The first-order valence-corrected chi connectivity index (χ1v) is 11.0. The van der Waals surface area contributed by atoms with Gasteiger partial charge in [-0.25, -0.2) is 4.98 Å². The van der Waals surface area contributed by atoms with Gasteiger partial charge in [-0.15, -0.1) is 5.10 Å².